The number of aromatic carboxylic acids is 1. The maximum absolute atomic E-state index is 13.0. The number of anilines is 1. The molecule has 1 N–H and O–H groups in total. The Bertz CT molecular complexity index is 1390. The first-order valence-electron chi connectivity index (χ1n) is 12.1. The van der Waals surface area contributed by atoms with Crippen molar-refractivity contribution >= 4 is 34.2 Å². The predicted octanol–water partition coefficient (Wildman–Crippen LogP) is 4.20. The van der Waals surface area contributed by atoms with E-state index in [0.29, 0.717) is 16.2 Å². The molecule has 0 radical (unpaired) electrons. The number of piperazine rings is 1. The van der Waals surface area contributed by atoms with Crippen LogP contribution in [0.15, 0.2) is 35.3 Å². The minimum Gasteiger partial charge on any atom is -0.493 e. The summed E-state index contributed by atoms with van der Waals surface area (Å²) in [6.45, 7) is 6.20. The molecule has 1 saturated heterocycles. The van der Waals surface area contributed by atoms with Gasteiger partial charge in [-0.05, 0) is 43.5 Å². The van der Waals surface area contributed by atoms with E-state index in [1.54, 1.807) is 20.3 Å². The average molecular weight is 512 g/mol. The number of aryl methyl sites for hydroxylation is 1. The van der Waals surface area contributed by atoms with Crippen molar-refractivity contribution in [2.24, 2.45) is 0 Å². The number of pyridine rings is 1. The van der Waals surface area contributed by atoms with Gasteiger partial charge >= 0.3 is 5.97 Å². The lowest BCUT2D eigenvalue weighted by Gasteiger charge is -2.39. The smallest absolute Gasteiger partial charge is 0.341 e. The molecule has 2 aliphatic rings. The molecule has 1 unspecified atom stereocenters. The minimum absolute atomic E-state index is 0.103. The van der Waals surface area contributed by atoms with Crippen LogP contribution >= 0.6 is 11.6 Å². The Morgan fingerprint density at radius 3 is 2.50 bits per heavy atom. The van der Waals surface area contributed by atoms with Gasteiger partial charge in [0.25, 0.3) is 0 Å². The summed E-state index contributed by atoms with van der Waals surface area (Å²) in [7, 11) is 3.27. The van der Waals surface area contributed by atoms with Gasteiger partial charge in [-0.3, -0.25) is 9.69 Å². The summed E-state index contributed by atoms with van der Waals surface area (Å²) in [5, 5.41) is 10.5. The van der Waals surface area contributed by atoms with E-state index >= 15 is 0 Å². The molecule has 1 atom stereocenters. The number of rotatable bonds is 6. The van der Waals surface area contributed by atoms with Crippen molar-refractivity contribution in [2.45, 2.75) is 32.4 Å². The predicted molar refractivity (Wildman–Crippen MR) is 140 cm³/mol. The van der Waals surface area contributed by atoms with Gasteiger partial charge in [0.15, 0.2) is 11.5 Å². The van der Waals surface area contributed by atoms with Crippen LogP contribution < -0.4 is 19.8 Å². The number of carbonyl (C=O) groups is 1. The molecule has 8 nitrogen and oxygen atoms in total. The molecule has 36 heavy (non-hydrogen) atoms. The Hall–Kier alpha value is -3.23. The third-order valence-corrected chi connectivity index (χ3v) is 7.69. The van der Waals surface area contributed by atoms with E-state index in [4.69, 9.17) is 21.1 Å². The van der Waals surface area contributed by atoms with Gasteiger partial charge < -0.3 is 24.0 Å². The van der Waals surface area contributed by atoms with Gasteiger partial charge in [0.2, 0.25) is 5.43 Å². The largest absolute Gasteiger partial charge is 0.493 e. The highest BCUT2D eigenvalue weighted by atomic mass is 35.5. The molecule has 2 aromatic carbocycles. The van der Waals surface area contributed by atoms with E-state index in [1.165, 1.54) is 6.20 Å². The summed E-state index contributed by atoms with van der Waals surface area (Å²) in [4.78, 5) is 29.4. The summed E-state index contributed by atoms with van der Waals surface area (Å²) < 4.78 is 12.7. The third kappa shape index (κ3) is 4.18. The Balaban J connectivity index is 1.43. The van der Waals surface area contributed by atoms with Crippen LogP contribution in [0.25, 0.3) is 10.9 Å². The number of hydrogen-bond donors (Lipinski definition) is 1. The summed E-state index contributed by atoms with van der Waals surface area (Å²) in [5.41, 5.74) is 3.30. The van der Waals surface area contributed by atoms with E-state index < -0.39 is 11.4 Å². The maximum Gasteiger partial charge on any atom is 0.341 e. The second-order valence-corrected chi connectivity index (χ2v) is 9.91. The molecule has 0 amide bonds. The van der Waals surface area contributed by atoms with Crippen LogP contribution in [0, 0.1) is 0 Å². The molecule has 0 aliphatic carbocycles. The van der Waals surface area contributed by atoms with Crippen molar-refractivity contribution in [2.75, 3.05) is 45.3 Å². The van der Waals surface area contributed by atoms with E-state index in [2.05, 4.69) is 22.8 Å². The lowest BCUT2D eigenvalue weighted by atomic mass is 9.93. The summed E-state index contributed by atoms with van der Waals surface area (Å²) in [6.07, 6.45) is 3.15. The molecule has 3 heterocycles. The van der Waals surface area contributed by atoms with Crippen LogP contribution in [0.2, 0.25) is 5.02 Å². The van der Waals surface area contributed by atoms with Crippen LogP contribution in [0.5, 0.6) is 11.5 Å². The molecule has 3 aromatic rings. The number of methoxy groups -OCH3 is 2. The summed E-state index contributed by atoms with van der Waals surface area (Å²) in [5.74, 6) is 0.229. The fourth-order valence-corrected chi connectivity index (χ4v) is 5.84. The number of carboxylic acid groups (broad SMARTS) is 1. The highest BCUT2D eigenvalue weighted by molar-refractivity contribution is 6.34. The SMILES string of the molecule is COc1ccc(CN2CCN(c3c(Cl)cc4c(=O)c(C(=O)O)cn5c4c3CCC5C)CC2)cc1OC. The van der Waals surface area contributed by atoms with Gasteiger partial charge in [0.1, 0.15) is 5.56 Å². The van der Waals surface area contributed by atoms with Crippen molar-refractivity contribution in [3.63, 3.8) is 0 Å². The molecular formula is C27H30ClN3O5. The second kappa shape index (κ2) is 9.67. The standard InChI is InChI=1S/C27H30ClN3O5/c1-16-4-6-18-24-19(26(32)20(27(33)34)15-31(16)24)13-21(28)25(18)30-10-8-29(9-11-30)14-17-5-7-22(35-2)23(12-17)36-3/h5,7,12-13,15-16H,4,6,8-11,14H2,1-3H3,(H,33,34). The first-order valence-corrected chi connectivity index (χ1v) is 12.5. The third-order valence-electron chi connectivity index (χ3n) is 7.40. The fourth-order valence-electron chi connectivity index (χ4n) is 5.50. The van der Waals surface area contributed by atoms with Crippen molar-refractivity contribution in [3.8, 4) is 11.5 Å². The van der Waals surface area contributed by atoms with Gasteiger partial charge in [0.05, 0.1) is 30.4 Å². The quantitative estimate of drug-likeness (QED) is 0.531. The van der Waals surface area contributed by atoms with Crippen LogP contribution in [-0.4, -0.2) is 60.9 Å². The molecular weight excluding hydrogens is 482 g/mol. The van der Waals surface area contributed by atoms with Crippen molar-refractivity contribution in [3.05, 3.63) is 62.4 Å². The van der Waals surface area contributed by atoms with Crippen molar-refractivity contribution in [1.29, 1.82) is 0 Å². The van der Waals surface area contributed by atoms with Crippen molar-refractivity contribution in [1.82, 2.24) is 9.47 Å². The number of ether oxygens (including phenoxy) is 2. The van der Waals surface area contributed by atoms with E-state index in [9.17, 15) is 14.7 Å². The number of nitrogens with zero attached hydrogens (tertiary/aromatic N) is 3. The van der Waals surface area contributed by atoms with Crippen LogP contribution in [0.1, 0.15) is 40.9 Å². The number of halogens is 1. The number of carboxylic acids is 1. The van der Waals surface area contributed by atoms with Gasteiger partial charge in [-0.2, -0.15) is 0 Å². The number of benzene rings is 2. The van der Waals surface area contributed by atoms with E-state index in [1.807, 2.05) is 16.7 Å². The van der Waals surface area contributed by atoms with Gasteiger partial charge in [-0.1, -0.05) is 17.7 Å². The second-order valence-electron chi connectivity index (χ2n) is 9.51. The number of aromatic nitrogens is 1. The topological polar surface area (TPSA) is 84.2 Å². The molecule has 190 valence electrons. The van der Waals surface area contributed by atoms with Gasteiger partial charge in [-0.15, -0.1) is 0 Å². The zero-order chi connectivity index (χ0) is 25.6. The molecule has 2 aliphatic heterocycles. The molecule has 9 heteroatoms. The Morgan fingerprint density at radius 1 is 1.11 bits per heavy atom. The fraction of sp³-hybridized carbons (Fsp3) is 0.407. The monoisotopic (exact) mass is 511 g/mol. The Labute approximate surface area is 214 Å². The minimum atomic E-state index is -1.21. The zero-order valence-electron chi connectivity index (χ0n) is 20.7. The van der Waals surface area contributed by atoms with Crippen molar-refractivity contribution < 1.29 is 19.4 Å². The highest BCUT2D eigenvalue weighted by Gasteiger charge is 2.29. The van der Waals surface area contributed by atoms with Crippen LogP contribution in [0.4, 0.5) is 5.69 Å². The van der Waals surface area contributed by atoms with Crippen LogP contribution in [0.3, 0.4) is 0 Å². The zero-order valence-corrected chi connectivity index (χ0v) is 21.5. The molecule has 0 bridgehead atoms. The Kier molecular flexibility index (Phi) is 6.57. The van der Waals surface area contributed by atoms with Crippen LogP contribution in [-0.2, 0) is 13.0 Å². The molecule has 1 aromatic heterocycles. The molecule has 0 saturated carbocycles. The molecule has 5 rings (SSSR count). The Morgan fingerprint density at radius 2 is 1.83 bits per heavy atom. The van der Waals surface area contributed by atoms with Gasteiger partial charge in [-0.25, -0.2) is 4.79 Å². The maximum atomic E-state index is 13.0. The molecule has 1 fully saturated rings. The summed E-state index contributed by atoms with van der Waals surface area (Å²) >= 11 is 6.79. The lowest BCUT2D eigenvalue weighted by molar-refractivity contribution is 0.0694. The normalized spacial score (nSPS) is 17.9. The average Bonchev–Trinajstić information content (AvgIpc) is 2.87. The summed E-state index contributed by atoms with van der Waals surface area (Å²) in [6, 6.07) is 7.77. The van der Waals surface area contributed by atoms with E-state index in [-0.39, 0.29) is 11.6 Å². The first-order chi connectivity index (χ1) is 17.3. The highest BCUT2D eigenvalue weighted by Crippen LogP contribution is 2.41. The number of hydrogen-bond acceptors (Lipinski definition) is 6. The van der Waals surface area contributed by atoms with Gasteiger partial charge in [0, 0.05) is 55.9 Å². The van der Waals surface area contributed by atoms with E-state index in [0.717, 1.165) is 73.6 Å². The molecule has 0 spiro atoms. The first kappa shape index (κ1) is 24.5. The lowest BCUT2D eigenvalue weighted by Crippen LogP contribution is -2.46.